The van der Waals surface area contributed by atoms with Crippen molar-refractivity contribution in [2.75, 3.05) is 0 Å². The third-order valence-electron chi connectivity index (χ3n) is 1.35. The minimum atomic E-state index is 0.698. The predicted octanol–water partition coefficient (Wildman–Crippen LogP) is 1.89. The van der Waals surface area contributed by atoms with Gasteiger partial charge in [-0.25, -0.2) is 9.97 Å². The summed E-state index contributed by atoms with van der Waals surface area (Å²) in [5.41, 5.74) is 1.43. The summed E-state index contributed by atoms with van der Waals surface area (Å²) in [4.78, 5) is 7.88. The summed E-state index contributed by atoms with van der Waals surface area (Å²) in [6.45, 7) is 0. The van der Waals surface area contributed by atoms with Crippen molar-refractivity contribution < 1.29 is 4.52 Å². The summed E-state index contributed by atoms with van der Waals surface area (Å²) in [5, 5.41) is 3.75. The van der Waals surface area contributed by atoms with E-state index in [1.165, 1.54) is 12.6 Å². The summed E-state index contributed by atoms with van der Waals surface area (Å²) in [7, 11) is 0. The third kappa shape index (κ3) is 1.23. The minimum absolute atomic E-state index is 0.698. The first-order valence-corrected chi connectivity index (χ1v) is 4.03. The average Bonchev–Trinajstić information content (AvgIpc) is 2.57. The quantitative estimate of drug-likeness (QED) is 0.744. The monoisotopic (exact) mass is 225 g/mol. The van der Waals surface area contributed by atoms with Crippen LogP contribution in [0.15, 0.2) is 33.8 Å². The molecule has 0 spiro atoms. The second-order valence-electron chi connectivity index (χ2n) is 2.10. The topological polar surface area (TPSA) is 51.8 Å². The second kappa shape index (κ2) is 3.02. The lowest BCUT2D eigenvalue weighted by atomic mass is 10.3. The van der Waals surface area contributed by atoms with Crippen LogP contribution in [0.2, 0.25) is 0 Å². The van der Waals surface area contributed by atoms with E-state index in [0.29, 0.717) is 5.69 Å². The smallest absolute Gasteiger partial charge is 0.133 e. The van der Waals surface area contributed by atoms with Crippen molar-refractivity contribution in [3.63, 3.8) is 0 Å². The molecule has 0 aromatic carbocycles. The standard InChI is InChI=1S/C7H4BrN3O/c8-5-3-9-4-10-7(5)6-1-2-12-11-6/h1-4H. The summed E-state index contributed by atoms with van der Waals surface area (Å²) in [5.74, 6) is 0. The highest BCUT2D eigenvalue weighted by atomic mass is 79.9. The lowest BCUT2D eigenvalue weighted by Crippen LogP contribution is -1.85. The molecule has 0 N–H and O–H groups in total. The van der Waals surface area contributed by atoms with Gasteiger partial charge in [0.2, 0.25) is 0 Å². The number of rotatable bonds is 1. The first-order valence-electron chi connectivity index (χ1n) is 3.24. The predicted molar refractivity (Wildman–Crippen MR) is 45.2 cm³/mol. The van der Waals surface area contributed by atoms with E-state index in [1.54, 1.807) is 12.3 Å². The van der Waals surface area contributed by atoms with Gasteiger partial charge in [-0.15, -0.1) is 0 Å². The Balaban J connectivity index is 2.55. The fourth-order valence-corrected chi connectivity index (χ4v) is 1.26. The highest BCUT2D eigenvalue weighted by molar-refractivity contribution is 9.10. The van der Waals surface area contributed by atoms with Gasteiger partial charge in [0, 0.05) is 12.3 Å². The Kier molecular flexibility index (Phi) is 1.87. The van der Waals surface area contributed by atoms with Crippen molar-refractivity contribution in [3.8, 4) is 11.4 Å². The van der Waals surface area contributed by atoms with E-state index in [9.17, 15) is 0 Å². The van der Waals surface area contributed by atoms with Gasteiger partial charge < -0.3 is 4.52 Å². The van der Waals surface area contributed by atoms with Gasteiger partial charge in [0.1, 0.15) is 24.0 Å². The van der Waals surface area contributed by atoms with Crippen LogP contribution in [-0.2, 0) is 0 Å². The maximum Gasteiger partial charge on any atom is 0.133 e. The first kappa shape index (κ1) is 7.42. The molecule has 2 aromatic rings. The molecule has 0 saturated carbocycles. The van der Waals surface area contributed by atoms with E-state index in [2.05, 4.69) is 31.1 Å². The first-order chi connectivity index (χ1) is 5.88. The van der Waals surface area contributed by atoms with Crippen molar-refractivity contribution in [3.05, 3.63) is 29.3 Å². The number of nitrogens with zero attached hydrogens (tertiary/aromatic N) is 3. The average molecular weight is 226 g/mol. The molecule has 4 nitrogen and oxygen atoms in total. The molecule has 0 atom stereocenters. The van der Waals surface area contributed by atoms with Crippen LogP contribution in [0, 0.1) is 0 Å². The molecule has 0 bridgehead atoms. The van der Waals surface area contributed by atoms with Gasteiger partial charge in [-0.05, 0) is 15.9 Å². The van der Waals surface area contributed by atoms with Crippen LogP contribution in [-0.4, -0.2) is 15.1 Å². The molecule has 0 aliphatic rings. The molecule has 0 fully saturated rings. The maximum atomic E-state index is 4.69. The van der Waals surface area contributed by atoms with Crippen LogP contribution in [0.25, 0.3) is 11.4 Å². The van der Waals surface area contributed by atoms with E-state index >= 15 is 0 Å². The molecule has 2 heterocycles. The second-order valence-corrected chi connectivity index (χ2v) is 2.96. The van der Waals surface area contributed by atoms with Crippen LogP contribution in [0.4, 0.5) is 0 Å². The van der Waals surface area contributed by atoms with Crippen molar-refractivity contribution in [2.24, 2.45) is 0 Å². The number of aromatic nitrogens is 3. The Morgan fingerprint density at radius 1 is 1.42 bits per heavy atom. The van der Waals surface area contributed by atoms with Crippen LogP contribution in [0.1, 0.15) is 0 Å². The highest BCUT2D eigenvalue weighted by Gasteiger charge is 2.06. The van der Waals surface area contributed by atoms with Gasteiger partial charge in [-0.3, -0.25) is 0 Å². The van der Waals surface area contributed by atoms with Crippen molar-refractivity contribution >= 4 is 15.9 Å². The van der Waals surface area contributed by atoms with Crippen molar-refractivity contribution in [1.82, 2.24) is 15.1 Å². The van der Waals surface area contributed by atoms with Gasteiger partial charge in [0.15, 0.2) is 0 Å². The fourth-order valence-electron chi connectivity index (χ4n) is 0.836. The number of hydrogen-bond acceptors (Lipinski definition) is 4. The lowest BCUT2D eigenvalue weighted by Gasteiger charge is -1.95. The van der Waals surface area contributed by atoms with Crippen molar-refractivity contribution in [1.29, 1.82) is 0 Å². The van der Waals surface area contributed by atoms with Crippen LogP contribution >= 0.6 is 15.9 Å². The molecule has 2 aromatic heterocycles. The molecule has 0 amide bonds. The van der Waals surface area contributed by atoms with Crippen molar-refractivity contribution in [2.45, 2.75) is 0 Å². The largest absolute Gasteiger partial charge is 0.364 e. The van der Waals surface area contributed by atoms with E-state index in [0.717, 1.165) is 10.2 Å². The summed E-state index contributed by atoms with van der Waals surface area (Å²) in [6, 6.07) is 1.74. The molecule has 60 valence electrons. The Labute approximate surface area is 76.8 Å². The SMILES string of the molecule is Brc1cncnc1-c1ccon1. The molecule has 0 aliphatic heterocycles. The molecule has 0 aliphatic carbocycles. The van der Waals surface area contributed by atoms with Gasteiger partial charge >= 0.3 is 0 Å². The third-order valence-corrected chi connectivity index (χ3v) is 1.93. The Morgan fingerprint density at radius 2 is 2.33 bits per heavy atom. The van der Waals surface area contributed by atoms with Gasteiger partial charge in [-0.1, -0.05) is 5.16 Å². The Morgan fingerprint density at radius 3 is 3.00 bits per heavy atom. The number of hydrogen-bond donors (Lipinski definition) is 0. The zero-order chi connectivity index (χ0) is 8.39. The molecular formula is C7H4BrN3O. The van der Waals surface area contributed by atoms with Gasteiger partial charge in [0.25, 0.3) is 0 Å². The summed E-state index contributed by atoms with van der Waals surface area (Å²) < 4.78 is 5.50. The normalized spacial score (nSPS) is 10.1. The molecule has 2 rings (SSSR count). The van der Waals surface area contributed by atoms with Crippen LogP contribution < -0.4 is 0 Å². The van der Waals surface area contributed by atoms with E-state index in [4.69, 9.17) is 4.52 Å². The molecule has 0 radical (unpaired) electrons. The Bertz CT molecular complexity index is 374. The summed E-state index contributed by atoms with van der Waals surface area (Å²) >= 11 is 3.31. The van der Waals surface area contributed by atoms with E-state index in [1.807, 2.05) is 0 Å². The fraction of sp³-hybridized carbons (Fsp3) is 0. The minimum Gasteiger partial charge on any atom is -0.364 e. The van der Waals surface area contributed by atoms with E-state index in [-0.39, 0.29) is 0 Å². The molecule has 0 unspecified atom stereocenters. The van der Waals surface area contributed by atoms with E-state index < -0.39 is 0 Å². The van der Waals surface area contributed by atoms with Gasteiger partial charge in [-0.2, -0.15) is 0 Å². The zero-order valence-electron chi connectivity index (χ0n) is 5.94. The van der Waals surface area contributed by atoms with Gasteiger partial charge in [0.05, 0.1) is 4.47 Å². The molecular weight excluding hydrogens is 222 g/mol. The highest BCUT2D eigenvalue weighted by Crippen LogP contribution is 2.22. The summed E-state index contributed by atoms with van der Waals surface area (Å²) in [6.07, 6.45) is 4.63. The maximum absolute atomic E-state index is 4.69. The zero-order valence-corrected chi connectivity index (χ0v) is 7.52. The van der Waals surface area contributed by atoms with Crippen LogP contribution in [0.3, 0.4) is 0 Å². The molecule has 12 heavy (non-hydrogen) atoms. The number of halogens is 1. The molecule has 0 saturated heterocycles. The van der Waals surface area contributed by atoms with Crippen LogP contribution in [0.5, 0.6) is 0 Å². The Hall–Kier alpha value is -1.23. The molecule has 5 heteroatoms. The lowest BCUT2D eigenvalue weighted by molar-refractivity contribution is 0.422.